The van der Waals surface area contributed by atoms with Gasteiger partial charge in [-0.3, -0.25) is 4.90 Å². The second-order valence-electron chi connectivity index (χ2n) is 6.48. The summed E-state index contributed by atoms with van der Waals surface area (Å²) in [5.41, 5.74) is 2.34. The Morgan fingerprint density at radius 3 is 2.64 bits per heavy atom. The van der Waals surface area contributed by atoms with Crippen LogP contribution in [0, 0.1) is 6.92 Å². The summed E-state index contributed by atoms with van der Waals surface area (Å²) in [6.45, 7) is 3.77. The van der Waals surface area contributed by atoms with Crippen molar-refractivity contribution in [3.05, 3.63) is 58.8 Å². The number of nitrogens with zero attached hydrogens (tertiary/aromatic N) is 2. The Labute approximate surface area is 152 Å². The van der Waals surface area contributed by atoms with Crippen LogP contribution in [-0.2, 0) is 13.1 Å². The van der Waals surface area contributed by atoms with Gasteiger partial charge in [-0.25, -0.2) is 4.98 Å². The maximum absolute atomic E-state index is 5.90. The maximum Gasteiger partial charge on any atom is 0.236 e. The lowest BCUT2D eigenvalue weighted by Gasteiger charge is -2.21. The number of rotatable bonds is 7. The molecule has 0 spiro atoms. The number of hydrogen-bond donors (Lipinski definition) is 0. The van der Waals surface area contributed by atoms with Gasteiger partial charge >= 0.3 is 0 Å². The minimum Gasteiger partial charge on any atom is -0.497 e. The molecule has 0 saturated heterocycles. The van der Waals surface area contributed by atoms with Gasteiger partial charge in [-0.1, -0.05) is 18.2 Å². The van der Waals surface area contributed by atoms with Gasteiger partial charge in [0.25, 0.3) is 0 Å². The molecule has 0 radical (unpaired) electrons. The molecule has 1 fully saturated rings. The summed E-state index contributed by atoms with van der Waals surface area (Å²) in [6, 6.07) is 13.1. The molecule has 5 heteroatoms. The van der Waals surface area contributed by atoms with Crippen LogP contribution in [0.25, 0.3) is 10.8 Å². The molecule has 0 aliphatic heterocycles. The SMILES string of the molecule is COc1ccc(CN(Cc2nc(-c3cccs3)oc2C)C2CC2)cc1. The lowest BCUT2D eigenvalue weighted by Crippen LogP contribution is -2.25. The molecule has 0 N–H and O–H groups in total. The molecule has 4 rings (SSSR count). The highest BCUT2D eigenvalue weighted by atomic mass is 32.1. The van der Waals surface area contributed by atoms with Gasteiger partial charge in [-0.15, -0.1) is 11.3 Å². The largest absolute Gasteiger partial charge is 0.497 e. The van der Waals surface area contributed by atoms with Crippen LogP contribution in [0.3, 0.4) is 0 Å². The smallest absolute Gasteiger partial charge is 0.236 e. The molecule has 1 aromatic carbocycles. The van der Waals surface area contributed by atoms with Crippen molar-refractivity contribution in [1.29, 1.82) is 0 Å². The summed E-state index contributed by atoms with van der Waals surface area (Å²) in [4.78, 5) is 8.34. The van der Waals surface area contributed by atoms with E-state index in [-0.39, 0.29) is 0 Å². The molecule has 3 aromatic rings. The summed E-state index contributed by atoms with van der Waals surface area (Å²) in [5.74, 6) is 2.56. The lowest BCUT2D eigenvalue weighted by molar-refractivity contribution is 0.241. The van der Waals surface area contributed by atoms with Crippen molar-refractivity contribution in [2.24, 2.45) is 0 Å². The van der Waals surface area contributed by atoms with E-state index < -0.39 is 0 Å². The highest BCUT2D eigenvalue weighted by molar-refractivity contribution is 7.13. The van der Waals surface area contributed by atoms with Gasteiger partial charge in [0.1, 0.15) is 11.5 Å². The fourth-order valence-corrected chi connectivity index (χ4v) is 3.64. The molecule has 4 nitrogen and oxygen atoms in total. The first-order valence-corrected chi connectivity index (χ1v) is 9.48. The van der Waals surface area contributed by atoms with Crippen molar-refractivity contribution in [3.8, 4) is 16.5 Å². The highest BCUT2D eigenvalue weighted by Crippen LogP contribution is 2.32. The molecule has 0 amide bonds. The van der Waals surface area contributed by atoms with Crippen LogP contribution < -0.4 is 4.74 Å². The number of aryl methyl sites for hydroxylation is 1. The van der Waals surface area contributed by atoms with E-state index in [2.05, 4.69) is 28.5 Å². The molecule has 2 heterocycles. The van der Waals surface area contributed by atoms with Gasteiger partial charge in [-0.2, -0.15) is 0 Å². The topological polar surface area (TPSA) is 38.5 Å². The van der Waals surface area contributed by atoms with E-state index in [0.29, 0.717) is 6.04 Å². The van der Waals surface area contributed by atoms with Crippen LogP contribution in [0.2, 0.25) is 0 Å². The maximum atomic E-state index is 5.90. The number of methoxy groups -OCH3 is 1. The number of ether oxygens (including phenoxy) is 1. The molecular weight excluding hydrogens is 332 g/mol. The van der Waals surface area contributed by atoms with E-state index in [1.807, 2.05) is 25.1 Å². The van der Waals surface area contributed by atoms with E-state index in [4.69, 9.17) is 14.1 Å². The van der Waals surface area contributed by atoms with Crippen molar-refractivity contribution < 1.29 is 9.15 Å². The minimum atomic E-state index is 0.656. The Morgan fingerprint density at radius 1 is 1.20 bits per heavy atom. The van der Waals surface area contributed by atoms with Crippen molar-refractivity contribution >= 4 is 11.3 Å². The first-order chi connectivity index (χ1) is 12.2. The monoisotopic (exact) mass is 354 g/mol. The predicted octanol–water partition coefficient (Wildman–Crippen LogP) is 4.88. The number of benzene rings is 1. The zero-order chi connectivity index (χ0) is 17.2. The van der Waals surface area contributed by atoms with Crippen LogP contribution >= 0.6 is 11.3 Å². The molecule has 2 aromatic heterocycles. The standard InChI is InChI=1S/C20H22N2O2S/c1-14-18(21-20(24-14)19-4-3-11-25-19)13-22(16-7-8-16)12-15-5-9-17(23-2)10-6-15/h3-6,9-11,16H,7-8,12-13H2,1-2H3. The molecule has 1 aliphatic carbocycles. The molecule has 1 aliphatic rings. The Hall–Kier alpha value is -2.11. The second kappa shape index (κ2) is 7.02. The van der Waals surface area contributed by atoms with Gasteiger partial charge in [-0.05, 0) is 48.9 Å². The van der Waals surface area contributed by atoms with Gasteiger partial charge < -0.3 is 9.15 Å². The van der Waals surface area contributed by atoms with Crippen molar-refractivity contribution in [2.75, 3.05) is 7.11 Å². The summed E-state index contributed by atoms with van der Waals surface area (Å²) in [7, 11) is 1.70. The molecular formula is C20H22N2O2S. The van der Waals surface area contributed by atoms with Crippen molar-refractivity contribution in [2.45, 2.75) is 38.9 Å². The van der Waals surface area contributed by atoms with E-state index >= 15 is 0 Å². The molecule has 0 unspecified atom stereocenters. The van der Waals surface area contributed by atoms with E-state index in [1.54, 1.807) is 18.4 Å². The van der Waals surface area contributed by atoms with E-state index in [9.17, 15) is 0 Å². The van der Waals surface area contributed by atoms with Crippen LogP contribution in [0.5, 0.6) is 5.75 Å². The van der Waals surface area contributed by atoms with Crippen molar-refractivity contribution in [1.82, 2.24) is 9.88 Å². The highest BCUT2D eigenvalue weighted by Gasteiger charge is 2.30. The molecule has 130 valence electrons. The third-order valence-corrected chi connectivity index (χ3v) is 5.44. The molecule has 25 heavy (non-hydrogen) atoms. The lowest BCUT2D eigenvalue weighted by atomic mass is 10.2. The molecule has 0 bridgehead atoms. The molecule has 0 atom stereocenters. The zero-order valence-corrected chi connectivity index (χ0v) is 15.4. The zero-order valence-electron chi connectivity index (χ0n) is 14.6. The number of aromatic nitrogens is 1. The Bertz CT molecular complexity index is 820. The minimum absolute atomic E-state index is 0.656. The first kappa shape index (κ1) is 16.4. The summed E-state index contributed by atoms with van der Waals surface area (Å²) in [5, 5.41) is 2.05. The Kier molecular flexibility index (Phi) is 4.59. The number of hydrogen-bond acceptors (Lipinski definition) is 5. The van der Waals surface area contributed by atoms with E-state index in [0.717, 1.165) is 41.1 Å². The second-order valence-corrected chi connectivity index (χ2v) is 7.43. The van der Waals surface area contributed by atoms with Gasteiger partial charge in [0.05, 0.1) is 17.7 Å². The number of thiophene rings is 1. The normalized spacial score (nSPS) is 14.2. The number of oxazole rings is 1. The van der Waals surface area contributed by atoms with Gasteiger partial charge in [0.15, 0.2) is 0 Å². The fourth-order valence-electron chi connectivity index (χ4n) is 2.99. The van der Waals surface area contributed by atoms with Crippen LogP contribution in [-0.4, -0.2) is 23.0 Å². The summed E-state index contributed by atoms with van der Waals surface area (Å²) in [6.07, 6.45) is 2.54. The molecule has 1 saturated carbocycles. The van der Waals surface area contributed by atoms with Crippen molar-refractivity contribution in [3.63, 3.8) is 0 Å². The average Bonchev–Trinajstić information content (AvgIpc) is 3.20. The van der Waals surface area contributed by atoms with Gasteiger partial charge in [0.2, 0.25) is 5.89 Å². The quantitative estimate of drug-likeness (QED) is 0.606. The fraction of sp³-hybridized carbons (Fsp3) is 0.350. The van der Waals surface area contributed by atoms with Gasteiger partial charge in [0, 0.05) is 19.1 Å². The summed E-state index contributed by atoms with van der Waals surface area (Å²) < 4.78 is 11.1. The average molecular weight is 354 g/mol. The Morgan fingerprint density at radius 2 is 2.00 bits per heavy atom. The summed E-state index contributed by atoms with van der Waals surface area (Å²) >= 11 is 1.66. The Balaban J connectivity index is 1.50. The third kappa shape index (κ3) is 3.78. The van der Waals surface area contributed by atoms with Crippen LogP contribution in [0.4, 0.5) is 0 Å². The van der Waals surface area contributed by atoms with Crippen LogP contribution in [0.15, 0.2) is 46.2 Å². The van der Waals surface area contributed by atoms with E-state index in [1.165, 1.54) is 18.4 Å². The van der Waals surface area contributed by atoms with Crippen LogP contribution in [0.1, 0.15) is 29.9 Å². The third-order valence-electron chi connectivity index (χ3n) is 4.59. The first-order valence-electron chi connectivity index (χ1n) is 8.60. The predicted molar refractivity (Wildman–Crippen MR) is 99.8 cm³/mol.